The molecule has 3 heterocycles. The lowest BCUT2D eigenvalue weighted by Crippen LogP contribution is -2.44. The van der Waals surface area contributed by atoms with Crippen molar-refractivity contribution in [2.75, 3.05) is 38.2 Å². The van der Waals surface area contributed by atoms with Crippen molar-refractivity contribution in [3.05, 3.63) is 11.3 Å². The normalized spacial score (nSPS) is 17.7. The van der Waals surface area contributed by atoms with E-state index in [1.807, 2.05) is 20.8 Å². The van der Waals surface area contributed by atoms with Crippen LogP contribution < -0.4 is 15.0 Å². The molecule has 0 saturated carbocycles. The Hall–Kier alpha value is -2.09. The number of carbonyl (C=O) groups excluding carboxylic acids is 1. The molecular weight excluding hydrogens is 310 g/mol. The van der Waals surface area contributed by atoms with Gasteiger partial charge in [0.25, 0.3) is 0 Å². The lowest BCUT2D eigenvalue weighted by molar-refractivity contribution is 0.0240. The minimum absolute atomic E-state index is 0.328. The fraction of sp³-hybridized carbons (Fsp3) is 0.688. The molecule has 8 nitrogen and oxygen atoms in total. The number of methoxy groups -OCH3 is 1. The molecule has 1 N–H and O–H groups in total. The third-order valence-corrected chi connectivity index (χ3v) is 3.99. The van der Waals surface area contributed by atoms with Crippen LogP contribution in [-0.4, -0.2) is 59.9 Å². The Morgan fingerprint density at radius 1 is 1.17 bits per heavy atom. The number of fused-ring (bicyclic) bond motifs is 1. The van der Waals surface area contributed by atoms with Crippen LogP contribution in [-0.2, 0) is 17.8 Å². The minimum atomic E-state index is -0.517. The number of amides is 1. The molecule has 24 heavy (non-hydrogen) atoms. The Labute approximate surface area is 142 Å². The molecule has 0 aromatic carbocycles. The smallest absolute Gasteiger partial charge is 0.410 e. The lowest BCUT2D eigenvalue weighted by atomic mass is 10.2. The van der Waals surface area contributed by atoms with Gasteiger partial charge in [-0.1, -0.05) is 0 Å². The number of piperazine rings is 1. The number of carbonyl (C=O) groups is 1. The largest absolute Gasteiger partial charge is 0.467 e. The van der Waals surface area contributed by atoms with E-state index in [2.05, 4.69) is 20.2 Å². The van der Waals surface area contributed by atoms with Gasteiger partial charge in [0.2, 0.25) is 0 Å². The van der Waals surface area contributed by atoms with Gasteiger partial charge in [-0.3, -0.25) is 4.90 Å². The molecule has 1 fully saturated rings. The van der Waals surface area contributed by atoms with Crippen molar-refractivity contribution in [1.29, 1.82) is 0 Å². The van der Waals surface area contributed by atoms with Crippen LogP contribution in [0.15, 0.2) is 0 Å². The first kappa shape index (κ1) is 16.8. The Morgan fingerprint density at radius 3 is 2.50 bits per heavy atom. The quantitative estimate of drug-likeness (QED) is 0.868. The van der Waals surface area contributed by atoms with Gasteiger partial charge in [0.15, 0.2) is 0 Å². The second-order valence-corrected chi connectivity index (χ2v) is 7.03. The molecule has 0 atom stereocenters. The van der Waals surface area contributed by atoms with Crippen LogP contribution in [0.4, 0.5) is 10.6 Å². The van der Waals surface area contributed by atoms with E-state index in [0.717, 1.165) is 43.3 Å². The van der Waals surface area contributed by atoms with Gasteiger partial charge in [-0.25, -0.2) is 4.79 Å². The summed E-state index contributed by atoms with van der Waals surface area (Å²) >= 11 is 0. The van der Waals surface area contributed by atoms with Crippen molar-refractivity contribution < 1.29 is 14.3 Å². The summed E-state index contributed by atoms with van der Waals surface area (Å²) in [6.07, 6.45) is -0.328. The highest BCUT2D eigenvalue weighted by Crippen LogP contribution is 2.32. The minimum Gasteiger partial charge on any atom is -0.467 e. The maximum atomic E-state index is 12.4. The molecule has 2 aliphatic heterocycles. The number of nitrogens with one attached hydrogen (secondary N) is 1. The second kappa shape index (κ2) is 6.43. The Bertz CT molecular complexity index is 623. The van der Waals surface area contributed by atoms with E-state index in [1.165, 1.54) is 0 Å². The first-order valence-electron chi connectivity index (χ1n) is 8.25. The van der Waals surface area contributed by atoms with Crippen LogP contribution in [0.1, 0.15) is 32.0 Å². The first-order chi connectivity index (χ1) is 11.4. The van der Waals surface area contributed by atoms with Gasteiger partial charge in [-0.05, 0) is 20.8 Å². The van der Waals surface area contributed by atoms with Crippen LogP contribution in [0, 0.1) is 0 Å². The van der Waals surface area contributed by atoms with Crippen LogP contribution in [0.2, 0.25) is 0 Å². The summed E-state index contributed by atoms with van der Waals surface area (Å²) in [7, 11) is 1.56. The summed E-state index contributed by atoms with van der Waals surface area (Å²) in [6, 6.07) is 0.341. The number of rotatable bonds is 2. The van der Waals surface area contributed by atoms with E-state index in [9.17, 15) is 4.79 Å². The highest BCUT2D eigenvalue weighted by Gasteiger charge is 2.33. The Balaban J connectivity index is 1.85. The molecule has 1 saturated heterocycles. The second-order valence-electron chi connectivity index (χ2n) is 7.03. The number of nitrogens with zero attached hydrogens (tertiary/aromatic N) is 4. The third kappa shape index (κ3) is 3.53. The van der Waals surface area contributed by atoms with Crippen LogP contribution in [0.3, 0.4) is 0 Å². The van der Waals surface area contributed by atoms with Crippen molar-refractivity contribution in [1.82, 2.24) is 20.2 Å². The molecule has 1 aromatic rings. The Kier molecular flexibility index (Phi) is 4.49. The standard InChI is InChI=1S/C16H25N5O3/c1-16(2,3)24-15(22)21-9-11-12(10-21)18-14(23-4)19-13(11)20-7-5-17-6-8-20/h17H,5-10H2,1-4H3. The lowest BCUT2D eigenvalue weighted by Gasteiger charge is -2.30. The molecule has 1 aromatic heterocycles. The van der Waals surface area contributed by atoms with E-state index in [4.69, 9.17) is 9.47 Å². The predicted molar refractivity (Wildman–Crippen MR) is 89.1 cm³/mol. The molecular formula is C16H25N5O3. The van der Waals surface area contributed by atoms with Gasteiger partial charge in [0.1, 0.15) is 11.4 Å². The van der Waals surface area contributed by atoms with E-state index in [-0.39, 0.29) is 6.09 Å². The molecule has 0 unspecified atom stereocenters. The molecule has 8 heteroatoms. The number of hydrogen-bond donors (Lipinski definition) is 1. The summed E-state index contributed by atoms with van der Waals surface area (Å²) in [5.74, 6) is 0.865. The number of ether oxygens (including phenoxy) is 2. The summed E-state index contributed by atoms with van der Waals surface area (Å²) < 4.78 is 10.7. The zero-order valence-electron chi connectivity index (χ0n) is 14.8. The van der Waals surface area contributed by atoms with Crippen molar-refractivity contribution in [3.8, 4) is 6.01 Å². The van der Waals surface area contributed by atoms with Gasteiger partial charge in [0, 0.05) is 31.7 Å². The van der Waals surface area contributed by atoms with Crippen molar-refractivity contribution in [2.45, 2.75) is 39.5 Å². The molecule has 3 rings (SSSR count). The molecule has 1 amide bonds. The molecule has 0 radical (unpaired) electrons. The maximum Gasteiger partial charge on any atom is 0.410 e. The zero-order valence-corrected chi connectivity index (χ0v) is 14.8. The molecule has 132 valence electrons. The molecule has 0 aliphatic carbocycles. The Morgan fingerprint density at radius 2 is 1.88 bits per heavy atom. The number of anilines is 1. The first-order valence-corrected chi connectivity index (χ1v) is 8.25. The summed E-state index contributed by atoms with van der Waals surface area (Å²) in [5.41, 5.74) is 1.31. The number of hydrogen-bond acceptors (Lipinski definition) is 7. The maximum absolute atomic E-state index is 12.4. The van der Waals surface area contributed by atoms with Crippen LogP contribution >= 0.6 is 0 Å². The van der Waals surface area contributed by atoms with Crippen molar-refractivity contribution in [3.63, 3.8) is 0 Å². The summed E-state index contributed by atoms with van der Waals surface area (Å²) in [5, 5.41) is 3.33. The van der Waals surface area contributed by atoms with E-state index in [0.29, 0.717) is 19.1 Å². The molecule has 0 bridgehead atoms. The highest BCUT2D eigenvalue weighted by atomic mass is 16.6. The van der Waals surface area contributed by atoms with Crippen LogP contribution in [0.5, 0.6) is 6.01 Å². The van der Waals surface area contributed by atoms with Gasteiger partial charge in [0.05, 0.1) is 25.9 Å². The average Bonchev–Trinajstić information content (AvgIpc) is 2.97. The van der Waals surface area contributed by atoms with Gasteiger partial charge < -0.3 is 19.7 Å². The highest BCUT2D eigenvalue weighted by molar-refractivity contribution is 5.70. The van der Waals surface area contributed by atoms with E-state index in [1.54, 1.807) is 12.0 Å². The van der Waals surface area contributed by atoms with Crippen molar-refractivity contribution in [2.24, 2.45) is 0 Å². The predicted octanol–water partition coefficient (Wildman–Crippen LogP) is 1.15. The van der Waals surface area contributed by atoms with E-state index >= 15 is 0 Å². The fourth-order valence-corrected chi connectivity index (χ4v) is 2.90. The molecule has 2 aliphatic rings. The monoisotopic (exact) mass is 335 g/mol. The topological polar surface area (TPSA) is 79.8 Å². The SMILES string of the molecule is COc1nc2c(c(N3CCNCC3)n1)CN(C(=O)OC(C)(C)C)C2. The fourth-order valence-electron chi connectivity index (χ4n) is 2.90. The van der Waals surface area contributed by atoms with Gasteiger partial charge in [-0.2, -0.15) is 9.97 Å². The average molecular weight is 335 g/mol. The number of aromatic nitrogens is 2. The zero-order chi connectivity index (χ0) is 17.3. The van der Waals surface area contributed by atoms with E-state index < -0.39 is 5.60 Å². The summed E-state index contributed by atoms with van der Waals surface area (Å²) in [6.45, 7) is 10.1. The molecule has 0 spiro atoms. The summed E-state index contributed by atoms with van der Waals surface area (Å²) in [4.78, 5) is 25.2. The van der Waals surface area contributed by atoms with Crippen molar-refractivity contribution >= 4 is 11.9 Å². The van der Waals surface area contributed by atoms with Crippen LogP contribution in [0.25, 0.3) is 0 Å². The van der Waals surface area contributed by atoms with Gasteiger partial charge in [-0.15, -0.1) is 0 Å². The third-order valence-electron chi connectivity index (χ3n) is 3.99. The van der Waals surface area contributed by atoms with Gasteiger partial charge >= 0.3 is 12.1 Å².